The van der Waals surface area contributed by atoms with Crippen LogP contribution in [0.2, 0.25) is 0 Å². The Balaban J connectivity index is 1.32. The lowest BCUT2D eigenvalue weighted by atomic mass is 10.3. The molecule has 7 heteroatoms. The van der Waals surface area contributed by atoms with Crippen LogP contribution < -0.4 is 15.0 Å². The zero-order valence-corrected chi connectivity index (χ0v) is 16.1. The van der Waals surface area contributed by atoms with Crippen LogP contribution in [0.5, 0.6) is 11.5 Å². The van der Waals surface area contributed by atoms with Crippen molar-refractivity contribution in [2.45, 2.75) is 0 Å². The first-order chi connectivity index (χ1) is 14.6. The molecule has 4 rings (SSSR count). The van der Waals surface area contributed by atoms with E-state index >= 15 is 0 Å². The first-order valence-corrected chi connectivity index (χ1v) is 9.54. The Morgan fingerprint density at radius 2 is 1.57 bits per heavy atom. The molecule has 0 saturated carbocycles. The first kappa shape index (κ1) is 19.4. The van der Waals surface area contributed by atoms with Gasteiger partial charge in [0.05, 0.1) is 5.69 Å². The second kappa shape index (κ2) is 8.65. The highest BCUT2D eigenvalue weighted by molar-refractivity contribution is 5.99. The number of nitrogens with one attached hydrogen (secondary N) is 1. The van der Waals surface area contributed by atoms with Crippen LogP contribution in [0.25, 0.3) is 0 Å². The fourth-order valence-electron chi connectivity index (χ4n) is 3.23. The number of amides is 3. The van der Waals surface area contributed by atoms with E-state index in [1.165, 1.54) is 15.9 Å². The number of para-hydroxylation sites is 2. The largest absolute Gasteiger partial charge is 0.457 e. The maximum absolute atomic E-state index is 14.0. The molecule has 0 bridgehead atoms. The molecule has 1 fully saturated rings. The van der Waals surface area contributed by atoms with Crippen LogP contribution in [0.1, 0.15) is 0 Å². The molecule has 0 atom stereocenters. The van der Waals surface area contributed by atoms with Crippen LogP contribution in [0.15, 0.2) is 78.9 Å². The Morgan fingerprint density at radius 1 is 0.900 bits per heavy atom. The predicted molar refractivity (Wildman–Crippen MR) is 112 cm³/mol. The van der Waals surface area contributed by atoms with Crippen molar-refractivity contribution in [2.75, 3.05) is 29.9 Å². The third kappa shape index (κ3) is 4.41. The summed E-state index contributed by atoms with van der Waals surface area (Å²) in [5.74, 6) is 0.584. The fraction of sp³-hybridized carbons (Fsp3) is 0.130. The number of rotatable bonds is 6. The maximum Gasteiger partial charge on any atom is 0.325 e. The number of anilines is 2. The van der Waals surface area contributed by atoms with Gasteiger partial charge >= 0.3 is 6.03 Å². The summed E-state index contributed by atoms with van der Waals surface area (Å²) in [6.07, 6.45) is 0. The molecule has 0 spiro atoms. The second-order valence-electron chi connectivity index (χ2n) is 6.79. The van der Waals surface area contributed by atoms with Gasteiger partial charge in [-0.25, -0.2) is 9.18 Å². The second-order valence-corrected chi connectivity index (χ2v) is 6.79. The summed E-state index contributed by atoms with van der Waals surface area (Å²) in [6.45, 7) is 0.578. The minimum Gasteiger partial charge on any atom is -0.457 e. The molecule has 3 amide bonds. The standard InChI is InChI=1S/C23H20FN3O3/c24-20-8-4-5-9-21(20)27-15-14-26(23(27)29)16-22(28)25-17-10-12-19(13-11-17)30-18-6-2-1-3-7-18/h1-13H,14-16H2,(H,25,28). The average Bonchev–Trinajstić information content (AvgIpc) is 3.10. The van der Waals surface area contributed by atoms with Crippen LogP contribution in [0.4, 0.5) is 20.6 Å². The minimum atomic E-state index is -0.463. The summed E-state index contributed by atoms with van der Waals surface area (Å²) in [5.41, 5.74) is 0.817. The van der Waals surface area contributed by atoms with E-state index in [9.17, 15) is 14.0 Å². The first-order valence-electron chi connectivity index (χ1n) is 9.54. The molecule has 1 aliphatic heterocycles. The van der Waals surface area contributed by atoms with Gasteiger partial charge in [-0.05, 0) is 48.5 Å². The Morgan fingerprint density at radius 3 is 2.30 bits per heavy atom. The van der Waals surface area contributed by atoms with Gasteiger partial charge in [0, 0.05) is 18.8 Å². The van der Waals surface area contributed by atoms with Gasteiger partial charge in [-0.2, -0.15) is 0 Å². The number of urea groups is 1. The smallest absolute Gasteiger partial charge is 0.325 e. The van der Waals surface area contributed by atoms with Crippen LogP contribution in [-0.4, -0.2) is 36.5 Å². The topological polar surface area (TPSA) is 61.9 Å². The highest BCUT2D eigenvalue weighted by atomic mass is 19.1. The lowest BCUT2D eigenvalue weighted by Crippen LogP contribution is -2.37. The highest BCUT2D eigenvalue weighted by Gasteiger charge is 2.32. The molecular formula is C23H20FN3O3. The molecule has 0 aromatic heterocycles. The molecule has 152 valence electrons. The van der Waals surface area contributed by atoms with Crippen molar-refractivity contribution in [2.24, 2.45) is 0 Å². The van der Waals surface area contributed by atoms with Crippen molar-refractivity contribution in [3.8, 4) is 11.5 Å². The average molecular weight is 405 g/mol. The maximum atomic E-state index is 14.0. The van der Waals surface area contributed by atoms with Crippen molar-refractivity contribution < 1.29 is 18.7 Å². The highest BCUT2D eigenvalue weighted by Crippen LogP contribution is 2.24. The molecule has 1 N–H and O–H groups in total. The van der Waals surface area contributed by atoms with E-state index < -0.39 is 5.82 Å². The van der Waals surface area contributed by atoms with Crippen molar-refractivity contribution in [3.05, 3.63) is 84.7 Å². The number of halogens is 1. The Labute approximate surface area is 173 Å². The number of carbonyl (C=O) groups is 2. The van der Waals surface area contributed by atoms with Gasteiger partial charge in [0.25, 0.3) is 0 Å². The minimum absolute atomic E-state index is 0.105. The van der Waals surface area contributed by atoms with Gasteiger partial charge < -0.3 is 15.0 Å². The predicted octanol–water partition coefficient (Wildman–Crippen LogP) is 4.50. The number of hydrogen-bond donors (Lipinski definition) is 1. The summed E-state index contributed by atoms with van der Waals surface area (Å²) in [6, 6.07) is 22.1. The third-order valence-corrected chi connectivity index (χ3v) is 4.69. The van der Waals surface area contributed by atoms with E-state index in [0.29, 0.717) is 24.5 Å². The molecule has 0 unspecified atom stereocenters. The summed E-state index contributed by atoms with van der Waals surface area (Å²) in [7, 11) is 0. The molecule has 1 heterocycles. The molecule has 3 aromatic carbocycles. The molecular weight excluding hydrogens is 385 g/mol. The van der Waals surface area contributed by atoms with Crippen molar-refractivity contribution in [3.63, 3.8) is 0 Å². The summed E-state index contributed by atoms with van der Waals surface area (Å²) in [4.78, 5) is 27.7. The lowest BCUT2D eigenvalue weighted by Gasteiger charge is -2.19. The van der Waals surface area contributed by atoms with Gasteiger partial charge in [-0.1, -0.05) is 30.3 Å². The number of hydrogen-bond acceptors (Lipinski definition) is 3. The van der Waals surface area contributed by atoms with Gasteiger partial charge in [-0.3, -0.25) is 9.69 Å². The van der Waals surface area contributed by atoms with Crippen LogP contribution >= 0.6 is 0 Å². The Bertz CT molecular complexity index is 1040. The van der Waals surface area contributed by atoms with Gasteiger partial charge in [0.1, 0.15) is 23.9 Å². The van der Waals surface area contributed by atoms with E-state index in [2.05, 4.69) is 5.32 Å². The van der Waals surface area contributed by atoms with E-state index in [-0.39, 0.29) is 24.2 Å². The number of benzene rings is 3. The zero-order valence-electron chi connectivity index (χ0n) is 16.1. The molecule has 0 aliphatic carbocycles. The van der Waals surface area contributed by atoms with Crippen molar-refractivity contribution in [1.82, 2.24) is 4.90 Å². The normalized spacial score (nSPS) is 13.4. The van der Waals surface area contributed by atoms with E-state index in [1.54, 1.807) is 42.5 Å². The van der Waals surface area contributed by atoms with Crippen molar-refractivity contribution in [1.29, 1.82) is 0 Å². The van der Waals surface area contributed by atoms with Crippen LogP contribution in [0.3, 0.4) is 0 Å². The number of carbonyl (C=O) groups excluding carboxylic acids is 2. The summed E-state index contributed by atoms with van der Waals surface area (Å²) >= 11 is 0. The SMILES string of the molecule is O=C(CN1CCN(c2ccccc2F)C1=O)Nc1ccc(Oc2ccccc2)cc1. The van der Waals surface area contributed by atoms with Gasteiger partial charge in [-0.15, -0.1) is 0 Å². The number of nitrogens with zero attached hydrogens (tertiary/aromatic N) is 2. The molecule has 1 saturated heterocycles. The van der Waals surface area contributed by atoms with Gasteiger partial charge in [0.15, 0.2) is 0 Å². The van der Waals surface area contributed by atoms with Crippen LogP contribution in [-0.2, 0) is 4.79 Å². The molecule has 3 aromatic rings. The molecule has 1 aliphatic rings. The van der Waals surface area contributed by atoms with Crippen LogP contribution in [0, 0.1) is 5.82 Å². The molecule has 30 heavy (non-hydrogen) atoms. The van der Waals surface area contributed by atoms with Crippen molar-refractivity contribution >= 4 is 23.3 Å². The zero-order chi connectivity index (χ0) is 20.9. The lowest BCUT2D eigenvalue weighted by molar-refractivity contribution is -0.116. The Kier molecular flexibility index (Phi) is 5.61. The number of ether oxygens (including phenoxy) is 1. The van der Waals surface area contributed by atoms with E-state index in [1.807, 2.05) is 30.3 Å². The molecule has 6 nitrogen and oxygen atoms in total. The van der Waals surface area contributed by atoms with E-state index in [4.69, 9.17) is 4.74 Å². The monoisotopic (exact) mass is 405 g/mol. The Hall–Kier alpha value is -3.87. The third-order valence-electron chi connectivity index (χ3n) is 4.69. The van der Waals surface area contributed by atoms with Gasteiger partial charge in [0.2, 0.25) is 5.91 Å². The quantitative estimate of drug-likeness (QED) is 0.657. The molecule has 0 radical (unpaired) electrons. The summed E-state index contributed by atoms with van der Waals surface area (Å²) < 4.78 is 19.7. The summed E-state index contributed by atoms with van der Waals surface area (Å²) in [5, 5.41) is 2.77. The van der Waals surface area contributed by atoms with E-state index in [0.717, 1.165) is 5.75 Å². The fourth-order valence-corrected chi connectivity index (χ4v) is 3.23.